The van der Waals surface area contributed by atoms with Crippen LogP contribution in [0.2, 0.25) is 0 Å². The van der Waals surface area contributed by atoms with Crippen molar-refractivity contribution in [2.24, 2.45) is 11.5 Å². The van der Waals surface area contributed by atoms with Crippen LogP contribution in [0.25, 0.3) is 0 Å². The fourth-order valence-electron chi connectivity index (χ4n) is 5.52. The van der Waals surface area contributed by atoms with Crippen LogP contribution in [0.1, 0.15) is 29.5 Å². The van der Waals surface area contributed by atoms with Crippen LogP contribution in [-0.2, 0) is 38.4 Å². The molecule has 10 nitrogen and oxygen atoms in total. The van der Waals surface area contributed by atoms with Crippen LogP contribution in [0.5, 0.6) is 5.75 Å². The molecule has 1 saturated heterocycles. The van der Waals surface area contributed by atoms with Crippen molar-refractivity contribution in [2.45, 2.75) is 56.3 Å². The van der Waals surface area contributed by atoms with Crippen molar-refractivity contribution in [2.75, 3.05) is 13.1 Å². The van der Waals surface area contributed by atoms with Gasteiger partial charge in [0, 0.05) is 32.0 Å². The predicted molar refractivity (Wildman–Crippen MR) is 162 cm³/mol. The van der Waals surface area contributed by atoms with E-state index in [9.17, 15) is 24.3 Å². The summed E-state index contributed by atoms with van der Waals surface area (Å²) in [5.41, 5.74) is 14.4. The number of hydrogen-bond acceptors (Lipinski definition) is 6. The summed E-state index contributed by atoms with van der Waals surface area (Å²) in [5, 5.41) is 12.3. The second-order valence-electron chi connectivity index (χ2n) is 10.9. The number of nitrogens with one attached hydrogen (secondary N) is 1. The van der Waals surface area contributed by atoms with Crippen molar-refractivity contribution in [1.82, 2.24) is 15.1 Å². The van der Waals surface area contributed by atoms with Gasteiger partial charge in [0.05, 0.1) is 6.04 Å². The largest absolute Gasteiger partial charge is 0.508 e. The van der Waals surface area contributed by atoms with Gasteiger partial charge in [0.1, 0.15) is 17.8 Å². The Morgan fingerprint density at radius 2 is 1.40 bits per heavy atom. The maximum absolute atomic E-state index is 13.7. The molecular weight excluding hydrogens is 546 g/mol. The summed E-state index contributed by atoms with van der Waals surface area (Å²) in [6.07, 6.45) is 2.44. The van der Waals surface area contributed by atoms with E-state index in [1.807, 2.05) is 60.7 Å². The number of primary amides is 1. The fraction of sp³-hybridized carbons (Fsp3) is 0.333. The SMILES string of the molecule is NC(=O)[C@H](Cc1ccccc1)NC(=O)[C@H](Cc1ccccc1)N(C=O)C1CCN(C(=O)[C@@H](N)Cc2ccc(O)cc2)CC1. The zero-order chi connectivity index (χ0) is 30.8. The average molecular weight is 586 g/mol. The molecule has 43 heavy (non-hydrogen) atoms. The molecule has 6 N–H and O–H groups in total. The summed E-state index contributed by atoms with van der Waals surface area (Å²) >= 11 is 0. The number of aromatic hydroxyl groups is 1. The number of nitrogens with two attached hydrogens (primary N) is 2. The van der Waals surface area contributed by atoms with Crippen LogP contribution >= 0.6 is 0 Å². The van der Waals surface area contributed by atoms with Crippen molar-refractivity contribution < 1.29 is 24.3 Å². The minimum Gasteiger partial charge on any atom is -0.508 e. The lowest BCUT2D eigenvalue weighted by atomic mass is 9.96. The molecule has 3 aromatic carbocycles. The number of piperidine rings is 1. The molecule has 1 fully saturated rings. The van der Waals surface area contributed by atoms with E-state index in [1.54, 1.807) is 29.2 Å². The van der Waals surface area contributed by atoms with Crippen molar-refractivity contribution in [3.63, 3.8) is 0 Å². The number of nitrogens with zero attached hydrogens (tertiary/aromatic N) is 2. The second kappa shape index (κ2) is 15.0. The Kier molecular flexibility index (Phi) is 10.9. The Balaban J connectivity index is 1.44. The van der Waals surface area contributed by atoms with Crippen molar-refractivity contribution in [3.05, 3.63) is 102 Å². The Morgan fingerprint density at radius 3 is 1.93 bits per heavy atom. The van der Waals surface area contributed by atoms with Crippen LogP contribution in [-0.4, -0.2) is 76.3 Å². The summed E-state index contributed by atoms with van der Waals surface area (Å²) in [7, 11) is 0. The van der Waals surface area contributed by atoms with Crippen LogP contribution in [0, 0.1) is 0 Å². The lowest BCUT2D eigenvalue weighted by Gasteiger charge is -2.40. The van der Waals surface area contributed by atoms with Crippen molar-refractivity contribution in [3.8, 4) is 5.75 Å². The van der Waals surface area contributed by atoms with E-state index in [0.717, 1.165) is 16.7 Å². The molecule has 0 spiro atoms. The zero-order valence-electron chi connectivity index (χ0n) is 24.0. The van der Waals surface area contributed by atoms with Crippen LogP contribution < -0.4 is 16.8 Å². The normalized spacial score (nSPS) is 15.6. The van der Waals surface area contributed by atoms with Gasteiger partial charge in [-0.3, -0.25) is 19.2 Å². The molecule has 226 valence electrons. The summed E-state index contributed by atoms with van der Waals surface area (Å²) in [4.78, 5) is 54.9. The molecule has 4 rings (SSSR count). The maximum atomic E-state index is 13.7. The molecule has 0 unspecified atom stereocenters. The van der Waals surface area contributed by atoms with Crippen LogP contribution in [0.3, 0.4) is 0 Å². The van der Waals surface area contributed by atoms with Crippen molar-refractivity contribution in [1.29, 1.82) is 0 Å². The van der Waals surface area contributed by atoms with Crippen molar-refractivity contribution >= 4 is 24.1 Å². The number of benzene rings is 3. The monoisotopic (exact) mass is 585 g/mol. The number of likely N-dealkylation sites (tertiary alicyclic amines) is 1. The lowest BCUT2D eigenvalue weighted by Crippen LogP contribution is -2.58. The summed E-state index contributed by atoms with van der Waals surface area (Å²) in [5.74, 6) is -1.17. The Labute approximate surface area is 251 Å². The molecule has 1 heterocycles. The Hall–Kier alpha value is -4.70. The molecule has 4 amide bonds. The van der Waals surface area contributed by atoms with E-state index >= 15 is 0 Å². The number of amides is 4. The van der Waals surface area contributed by atoms with E-state index in [2.05, 4.69) is 5.32 Å². The predicted octanol–water partition coefficient (Wildman–Crippen LogP) is 1.54. The molecule has 0 bridgehead atoms. The molecular formula is C33H39N5O5. The number of phenols is 1. The van der Waals surface area contributed by atoms with E-state index in [0.29, 0.717) is 38.8 Å². The Bertz CT molecular complexity index is 1360. The first kappa shape index (κ1) is 31.2. The van der Waals surface area contributed by atoms with Gasteiger partial charge in [0.2, 0.25) is 24.1 Å². The van der Waals surface area contributed by atoms with Crippen LogP contribution in [0.15, 0.2) is 84.9 Å². The van der Waals surface area contributed by atoms with Gasteiger partial charge >= 0.3 is 0 Å². The molecule has 0 aliphatic carbocycles. The average Bonchev–Trinajstić information content (AvgIpc) is 3.02. The van der Waals surface area contributed by atoms with Gasteiger partial charge in [0.15, 0.2) is 0 Å². The summed E-state index contributed by atoms with van der Waals surface area (Å²) < 4.78 is 0. The molecule has 1 aliphatic rings. The van der Waals surface area contributed by atoms with E-state index < -0.39 is 29.9 Å². The number of phenolic OH excluding ortho intramolecular Hbond substituents is 1. The summed E-state index contributed by atoms with van der Waals surface area (Å²) in [6, 6.07) is 22.3. The third-order valence-corrected chi connectivity index (χ3v) is 7.91. The highest BCUT2D eigenvalue weighted by Crippen LogP contribution is 2.22. The molecule has 3 aromatic rings. The maximum Gasteiger partial charge on any atom is 0.243 e. The number of carbonyl (C=O) groups excluding carboxylic acids is 4. The third kappa shape index (κ3) is 8.65. The quantitative estimate of drug-likeness (QED) is 0.223. The molecule has 0 radical (unpaired) electrons. The highest BCUT2D eigenvalue weighted by molar-refractivity contribution is 5.90. The van der Waals surface area contributed by atoms with Crippen LogP contribution in [0.4, 0.5) is 0 Å². The first-order chi connectivity index (χ1) is 20.7. The fourth-order valence-corrected chi connectivity index (χ4v) is 5.52. The van der Waals surface area contributed by atoms with Gasteiger partial charge in [0.25, 0.3) is 0 Å². The minimum absolute atomic E-state index is 0.144. The van der Waals surface area contributed by atoms with E-state index in [1.165, 1.54) is 4.90 Å². The number of hydrogen-bond donors (Lipinski definition) is 4. The first-order valence-electron chi connectivity index (χ1n) is 14.5. The Morgan fingerprint density at radius 1 is 0.860 bits per heavy atom. The molecule has 10 heteroatoms. The van der Waals surface area contributed by atoms with E-state index in [-0.39, 0.29) is 30.5 Å². The molecule has 0 saturated carbocycles. The topological polar surface area (TPSA) is 159 Å². The van der Waals surface area contributed by atoms with Gasteiger partial charge in [-0.2, -0.15) is 0 Å². The third-order valence-electron chi connectivity index (χ3n) is 7.91. The standard InChI is InChI=1S/C33H39N5O5/c34-28(19-25-11-13-27(40)14-12-25)33(43)37-17-15-26(16-18-37)38(22-39)30(21-24-9-5-2-6-10-24)32(42)36-29(31(35)41)20-23-7-3-1-4-8-23/h1-14,22,26,28-30,40H,15-21,34H2,(H2,35,41)(H,36,42)/t28-,29-,30-/m0/s1. The molecule has 1 aliphatic heterocycles. The summed E-state index contributed by atoms with van der Waals surface area (Å²) in [6.45, 7) is 0.767. The second-order valence-corrected chi connectivity index (χ2v) is 10.9. The lowest BCUT2D eigenvalue weighted by molar-refractivity contribution is -0.139. The number of rotatable bonds is 13. The number of carbonyl (C=O) groups is 4. The zero-order valence-corrected chi connectivity index (χ0v) is 24.0. The molecule has 3 atom stereocenters. The highest BCUT2D eigenvalue weighted by Gasteiger charge is 2.36. The molecule has 0 aromatic heterocycles. The smallest absolute Gasteiger partial charge is 0.243 e. The van der Waals surface area contributed by atoms with Gasteiger partial charge in [-0.25, -0.2) is 0 Å². The van der Waals surface area contributed by atoms with Gasteiger partial charge in [-0.15, -0.1) is 0 Å². The van der Waals surface area contributed by atoms with E-state index in [4.69, 9.17) is 11.5 Å². The van der Waals surface area contributed by atoms with Gasteiger partial charge < -0.3 is 31.7 Å². The first-order valence-corrected chi connectivity index (χ1v) is 14.5. The van der Waals surface area contributed by atoms with Gasteiger partial charge in [-0.1, -0.05) is 72.8 Å². The van der Waals surface area contributed by atoms with Gasteiger partial charge in [-0.05, 0) is 48.1 Å². The highest BCUT2D eigenvalue weighted by atomic mass is 16.3. The minimum atomic E-state index is -0.948.